The molecule has 9 rings (SSSR count). The maximum absolute atomic E-state index is 14.2. The summed E-state index contributed by atoms with van der Waals surface area (Å²) in [5.41, 5.74) is 9.46. The third kappa shape index (κ3) is 5.81. The summed E-state index contributed by atoms with van der Waals surface area (Å²) in [6, 6.07) is 38.3. The molecule has 274 valence electrons. The molecule has 0 N–H and O–H groups in total. The molecule has 7 heteroatoms. The van der Waals surface area contributed by atoms with Gasteiger partial charge in [-0.25, -0.2) is 14.2 Å². The van der Waals surface area contributed by atoms with Crippen molar-refractivity contribution in [2.24, 2.45) is 0 Å². The molecule has 0 saturated carbocycles. The van der Waals surface area contributed by atoms with Crippen molar-refractivity contribution in [3.05, 3.63) is 198 Å². The van der Waals surface area contributed by atoms with E-state index in [9.17, 15) is 9.59 Å². The predicted molar refractivity (Wildman–Crippen MR) is 234 cm³/mol. The third-order valence-electron chi connectivity index (χ3n) is 10.3. The number of nitrogens with zero attached hydrogens (tertiary/aromatic N) is 3. The van der Waals surface area contributed by atoms with Crippen molar-refractivity contribution >= 4 is 56.4 Å². The lowest BCUT2D eigenvalue weighted by Gasteiger charge is -2.14. The van der Waals surface area contributed by atoms with Crippen LogP contribution in [0.2, 0.25) is 0 Å². The van der Waals surface area contributed by atoms with Gasteiger partial charge in [0.2, 0.25) is 0 Å². The summed E-state index contributed by atoms with van der Waals surface area (Å²) in [7, 11) is 0. The van der Waals surface area contributed by atoms with Crippen LogP contribution in [0.25, 0.3) is 101 Å². The van der Waals surface area contributed by atoms with Gasteiger partial charge < -0.3 is 8.83 Å². The van der Waals surface area contributed by atoms with E-state index in [4.69, 9.17) is 8.83 Å². The van der Waals surface area contributed by atoms with Gasteiger partial charge in [-0.3, -0.25) is 4.40 Å². The van der Waals surface area contributed by atoms with Crippen LogP contribution in [0.4, 0.5) is 0 Å². The van der Waals surface area contributed by atoms with E-state index in [1.54, 1.807) is 18.3 Å². The van der Waals surface area contributed by atoms with E-state index in [0.29, 0.717) is 5.56 Å². The normalized spacial score (nSPS) is 12.0. The van der Waals surface area contributed by atoms with Gasteiger partial charge in [0.1, 0.15) is 22.5 Å². The van der Waals surface area contributed by atoms with Gasteiger partial charge in [0.25, 0.3) is 0 Å². The highest BCUT2D eigenvalue weighted by atomic mass is 16.3. The van der Waals surface area contributed by atoms with E-state index in [-0.39, 0.29) is 11.3 Å². The molecular weight excluding hydrogens is 707 g/mol. The van der Waals surface area contributed by atoms with Gasteiger partial charge >= 0.3 is 11.4 Å². The fraction of sp³-hybridized carbons (Fsp3) is 0.0200. The Morgan fingerprint density at radius 2 is 1.28 bits per heavy atom. The van der Waals surface area contributed by atoms with Crippen LogP contribution in [0.15, 0.2) is 184 Å². The summed E-state index contributed by atoms with van der Waals surface area (Å²) in [5.74, 6) is 0.718. The van der Waals surface area contributed by atoms with E-state index in [2.05, 4.69) is 42.9 Å². The van der Waals surface area contributed by atoms with Crippen LogP contribution in [-0.2, 0) is 0 Å². The van der Waals surface area contributed by atoms with Crippen molar-refractivity contribution in [2.75, 3.05) is 0 Å². The molecule has 0 atom stereocenters. The number of allylic oxidation sites excluding steroid dienone is 5. The fourth-order valence-electron chi connectivity index (χ4n) is 7.64. The van der Waals surface area contributed by atoms with E-state index < -0.39 is 11.4 Å². The lowest BCUT2D eigenvalue weighted by molar-refractivity contribution is 0.604. The number of pyridine rings is 1. The Morgan fingerprint density at radius 3 is 1.93 bits per heavy atom. The quantitative estimate of drug-likeness (QED) is 0.138. The first-order chi connectivity index (χ1) is 27.9. The number of furan rings is 2. The van der Waals surface area contributed by atoms with Crippen LogP contribution in [0, 0.1) is 0 Å². The highest BCUT2D eigenvalue weighted by molar-refractivity contribution is 6.09. The highest BCUT2D eigenvalue weighted by Gasteiger charge is 2.19. The SMILES string of the molecule is C=C/C=C(\C=C)n1c(=O)nc2c(-c3ccc(-c4cccc5c4oc4ccccc45)cc3)cc(-c3ccc(-c4cccc5c(/C=C\C)c(C=C)oc45)cc3)cn2c1=O. The van der Waals surface area contributed by atoms with Gasteiger partial charge in [-0.05, 0) is 65.1 Å². The van der Waals surface area contributed by atoms with Gasteiger partial charge in [0.05, 0.1) is 5.70 Å². The smallest absolute Gasteiger partial charge is 0.358 e. The first-order valence-electron chi connectivity index (χ1n) is 18.5. The molecule has 0 aliphatic carbocycles. The van der Waals surface area contributed by atoms with Crippen LogP contribution in [-0.4, -0.2) is 14.0 Å². The maximum atomic E-state index is 14.2. The zero-order chi connectivity index (χ0) is 39.2. The Balaban J connectivity index is 1.19. The van der Waals surface area contributed by atoms with Crippen LogP contribution in [0.1, 0.15) is 18.2 Å². The number of hydrogen-bond donors (Lipinski definition) is 0. The van der Waals surface area contributed by atoms with Crippen molar-refractivity contribution in [3.8, 4) is 44.5 Å². The molecule has 0 aliphatic heterocycles. The zero-order valence-electron chi connectivity index (χ0n) is 31.1. The summed E-state index contributed by atoms with van der Waals surface area (Å²) in [4.78, 5) is 32.2. The van der Waals surface area contributed by atoms with E-state index in [1.807, 2.05) is 116 Å². The second kappa shape index (κ2) is 14.1. The Bertz CT molecular complexity index is 3280. The summed E-state index contributed by atoms with van der Waals surface area (Å²) >= 11 is 0. The van der Waals surface area contributed by atoms with Gasteiger partial charge in [-0.1, -0.05) is 141 Å². The average Bonchev–Trinajstić information content (AvgIpc) is 3.81. The monoisotopic (exact) mass is 741 g/mol. The van der Waals surface area contributed by atoms with Gasteiger partial charge in [-0.2, -0.15) is 4.98 Å². The number of rotatable bonds is 9. The first-order valence-corrected chi connectivity index (χ1v) is 18.5. The molecule has 5 aromatic carbocycles. The molecule has 0 fully saturated rings. The fourth-order valence-corrected chi connectivity index (χ4v) is 7.64. The third-order valence-corrected chi connectivity index (χ3v) is 10.3. The Hall–Kier alpha value is -7.77. The number of aromatic nitrogens is 3. The van der Waals surface area contributed by atoms with Crippen molar-refractivity contribution in [3.63, 3.8) is 0 Å². The summed E-state index contributed by atoms with van der Waals surface area (Å²) in [5, 5.41) is 3.11. The molecule has 0 unspecified atom stereocenters. The van der Waals surface area contributed by atoms with E-state index in [1.165, 1.54) is 16.6 Å². The van der Waals surface area contributed by atoms with Gasteiger partial charge in [-0.15, -0.1) is 0 Å². The zero-order valence-corrected chi connectivity index (χ0v) is 31.1. The lowest BCUT2D eigenvalue weighted by Crippen LogP contribution is -2.38. The van der Waals surface area contributed by atoms with Gasteiger partial charge in [0, 0.05) is 44.6 Å². The number of hydrogen-bond acceptors (Lipinski definition) is 5. The molecule has 0 spiro atoms. The molecule has 4 aromatic heterocycles. The molecule has 0 radical (unpaired) electrons. The number of fused-ring (bicyclic) bond motifs is 5. The average molecular weight is 742 g/mol. The van der Waals surface area contributed by atoms with Crippen molar-refractivity contribution in [1.82, 2.24) is 14.0 Å². The molecule has 4 heterocycles. The lowest BCUT2D eigenvalue weighted by atomic mass is 9.96. The van der Waals surface area contributed by atoms with Crippen molar-refractivity contribution < 1.29 is 8.83 Å². The predicted octanol–water partition coefficient (Wildman–Crippen LogP) is 12.1. The topological polar surface area (TPSA) is 82.7 Å². The standard InChI is InChI=1S/C50H35N3O4/c1-5-13-36(7-3)53-49(54)51-48-43(34-27-25-33(26-28-34)38-17-12-19-42-40-15-9-10-20-45(40)57-47(38)42)29-35(30-52(48)50(53)55)31-21-23-32(24-22-31)37-16-11-18-41-39(14-6-2)44(8-4)56-46(37)41/h5-30H,1,3-4H2,2H3/b14-6-,36-13+. The summed E-state index contributed by atoms with van der Waals surface area (Å²) in [6.07, 6.45) is 11.9. The molecular formula is C50H35N3O4. The summed E-state index contributed by atoms with van der Waals surface area (Å²) < 4.78 is 15.0. The Kier molecular flexibility index (Phi) is 8.67. The molecule has 9 aromatic rings. The number of para-hydroxylation sites is 3. The van der Waals surface area contributed by atoms with Crippen LogP contribution >= 0.6 is 0 Å². The minimum absolute atomic E-state index is 0.232. The Morgan fingerprint density at radius 1 is 0.667 bits per heavy atom. The van der Waals surface area contributed by atoms with E-state index in [0.717, 1.165) is 87.7 Å². The van der Waals surface area contributed by atoms with Gasteiger partial charge in [0.15, 0.2) is 5.65 Å². The molecule has 0 bridgehead atoms. The summed E-state index contributed by atoms with van der Waals surface area (Å²) in [6.45, 7) is 13.5. The molecule has 0 amide bonds. The second-order valence-electron chi connectivity index (χ2n) is 13.6. The second-order valence-corrected chi connectivity index (χ2v) is 13.6. The van der Waals surface area contributed by atoms with Crippen molar-refractivity contribution in [1.29, 1.82) is 0 Å². The van der Waals surface area contributed by atoms with E-state index >= 15 is 0 Å². The highest BCUT2D eigenvalue weighted by Crippen LogP contribution is 2.39. The largest absolute Gasteiger partial charge is 0.455 e. The number of benzene rings is 5. The molecule has 0 aliphatic rings. The Labute approximate surface area is 327 Å². The maximum Gasteiger partial charge on any atom is 0.358 e. The van der Waals surface area contributed by atoms with Crippen LogP contribution in [0.5, 0.6) is 0 Å². The van der Waals surface area contributed by atoms with Crippen LogP contribution < -0.4 is 11.4 Å². The minimum Gasteiger partial charge on any atom is -0.455 e. The minimum atomic E-state index is -0.719. The van der Waals surface area contributed by atoms with Crippen LogP contribution in [0.3, 0.4) is 0 Å². The van der Waals surface area contributed by atoms with Crippen molar-refractivity contribution in [2.45, 2.75) is 6.92 Å². The molecule has 7 nitrogen and oxygen atoms in total. The molecule has 57 heavy (non-hydrogen) atoms. The first kappa shape index (κ1) is 35.0. The molecule has 0 saturated heterocycles.